The number of nitrogens with zero attached hydrogens (tertiary/aromatic N) is 2. The van der Waals surface area contributed by atoms with Gasteiger partial charge in [-0.05, 0) is 48.9 Å². The van der Waals surface area contributed by atoms with Crippen LogP contribution in [0, 0.1) is 12.7 Å². The molecule has 0 fully saturated rings. The number of hydrogen-bond acceptors (Lipinski definition) is 8. The largest absolute Gasteiger partial charge is 0.458 e. The Morgan fingerprint density at radius 1 is 1.21 bits per heavy atom. The first-order chi connectivity index (χ1) is 20.1. The number of benzene rings is 1. The van der Waals surface area contributed by atoms with Crippen molar-refractivity contribution < 1.29 is 33.4 Å². The number of ether oxygens (including phenoxy) is 2. The van der Waals surface area contributed by atoms with Crippen molar-refractivity contribution in [1.82, 2.24) is 20.2 Å². The number of rotatable bonds is 7. The Kier molecular flexibility index (Phi) is 6.85. The highest BCUT2D eigenvalue weighted by Crippen LogP contribution is 2.45. The summed E-state index contributed by atoms with van der Waals surface area (Å²) in [5.74, 6) is -1.80. The Balaban J connectivity index is 1.45. The standard InChI is InChI=1S/C30H31FN4O7/c1-4-23(36)32-13-41-12-24(37)33-20-7-6-15-14(3)19(31)9-21-25(15)26(20)16-10-35-22(27(16)34-21)8-18-17(28(35)38)11-42-29(39)30(18,40)5-2/h8-9,20,40H,4-7,10-13H2,1-3H3,(H,32,36)(H,33,37)/t20?,30-/m0/s1. The zero-order valence-corrected chi connectivity index (χ0v) is 23.6. The van der Waals surface area contributed by atoms with Crippen molar-refractivity contribution in [3.05, 3.63) is 61.7 Å². The number of esters is 1. The molecule has 2 amide bonds. The number of halogens is 1. The molecule has 2 aliphatic heterocycles. The van der Waals surface area contributed by atoms with Crippen LogP contribution in [0.5, 0.6) is 0 Å². The summed E-state index contributed by atoms with van der Waals surface area (Å²) >= 11 is 0. The van der Waals surface area contributed by atoms with Crippen LogP contribution in [0.25, 0.3) is 22.3 Å². The zero-order valence-electron chi connectivity index (χ0n) is 23.6. The number of amides is 2. The molecule has 220 valence electrons. The number of aliphatic hydroxyl groups is 1. The number of aromatic nitrogens is 2. The molecule has 0 bridgehead atoms. The molecule has 1 aromatic carbocycles. The maximum atomic E-state index is 15.0. The second-order valence-corrected chi connectivity index (χ2v) is 10.9. The fraction of sp³-hybridized carbons (Fsp3) is 0.433. The number of fused-ring (bicyclic) bond motifs is 5. The van der Waals surface area contributed by atoms with Gasteiger partial charge in [0.25, 0.3) is 5.56 Å². The van der Waals surface area contributed by atoms with Crippen LogP contribution >= 0.6 is 0 Å². The first-order valence-corrected chi connectivity index (χ1v) is 14.0. The van der Waals surface area contributed by atoms with E-state index in [1.807, 2.05) is 0 Å². The number of carbonyl (C=O) groups excluding carboxylic acids is 3. The smallest absolute Gasteiger partial charge is 0.343 e. The van der Waals surface area contributed by atoms with Crippen molar-refractivity contribution in [2.45, 2.75) is 71.2 Å². The number of aryl methyl sites for hydroxylation is 1. The Bertz CT molecular complexity index is 1750. The monoisotopic (exact) mass is 578 g/mol. The molecule has 2 aromatic heterocycles. The average molecular weight is 579 g/mol. The van der Waals surface area contributed by atoms with Crippen LogP contribution in [-0.2, 0) is 49.0 Å². The van der Waals surface area contributed by atoms with E-state index in [9.17, 15) is 24.3 Å². The Hall–Kier alpha value is -4.16. The van der Waals surface area contributed by atoms with Gasteiger partial charge in [0, 0.05) is 29.0 Å². The lowest BCUT2D eigenvalue weighted by Gasteiger charge is -2.31. The van der Waals surface area contributed by atoms with Crippen molar-refractivity contribution in [2.24, 2.45) is 0 Å². The zero-order chi connectivity index (χ0) is 29.9. The van der Waals surface area contributed by atoms with Gasteiger partial charge in [0.05, 0.1) is 35.1 Å². The normalized spacial score (nSPS) is 20.0. The van der Waals surface area contributed by atoms with Crippen molar-refractivity contribution in [2.75, 3.05) is 13.3 Å². The lowest BCUT2D eigenvalue weighted by molar-refractivity contribution is -0.172. The minimum atomic E-state index is -1.97. The van der Waals surface area contributed by atoms with Crippen LogP contribution in [0.3, 0.4) is 0 Å². The van der Waals surface area contributed by atoms with E-state index in [1.165, 1.54) is 10.6 Å². The Labute approximate surface area is 240 Å². The summed E-state index contributed by atoms with van der Waals surface area (Å²) < 4.78 is 27.1. The summed E-state index contributed by atoms with van der Waals surface area (Å²) in [6, 6.07) is 2.50. The minimum Gasteiger partial charge on any atom is -0.458 e. The van der Waals surface area contributed by atoms with Gasteiger partial charge in [-0.25, -0.2) is 14.2 Å². The van der Waals surface area contributed by atoms with Crippen molar-refractivity contribution in [1.29, 1.82) is 0 Å². The van der Waals surface area contributed by atoms with E-state index in [0.717, 1.165) is 16.5 Å². The van der Waals surface area contributed by atoms with Crippen molar-refractivity contribution in [3.63, 3.8) is 0 Å². The van der Waals surface area contributed by atoms with E-state index in [1.54, 1.807) is 26.8 Å². The van der Waals surface area contributed by atoms with Gasteiger partial charge in [0.1, 0.15) is 25.8 Å². The van der Waals surface area contributed by atoms with Crippen LogP contribution in [0.4, 0.5) is 4.39 Å². The SMILES string of the molecule is CCC(=O)NCOCC(=O)NC1CCc2c(C)c(F)cc3nc4c(c1c23)Cn1c-4cc2c(c1=O)COC(=O)[C@]2(O)CC. The molecule has 4 heterocycles. The predicted octanol–water partition coefficient (Wildman–Crippen LogP) is 2.13. The van der Waals surface area contributed by atoms with E-state index in [-0.39, 0.29) is 49.9 Å². The lowest BCUT2D eigenvalue weighted by atomic mass is 9.81. The molecule has 3 N–H and O–H groups in total. The minimum absolute atomic E-state index is 0.0110. The third-order valence-electron chi connectivity index (χ3n) is 8.64. The van der Waals surface area contributed by atoms with E-state index in [2.05, 4.69) is 10.6 Å². The van der Waals surface area contributed by atoms with Crippen molar-refractivity contribution in [3.8, 4) is 11.4 Å². The number of carbonyl (C=O) groups is 3. The van der Waals surface area contributed by atoms with Gasteiger partial charge < -0.3 is 29.8 Å². The summed E-state index contributed by atoms with van der Waals surface area (Å²) in [7, 11) is 0. The summed E-state index contributed by atoms with van der Waals surface area (Å²) in [6.07, 6.45) is 1.31. The fourth-order valence-corrected chi connectivity index (χ4v) is 6.34. The second kappa shape index (κ2) is 10.3. The van der Waals surface area contributed by atoms with Gasteiger partial charge in [-0.1, -0.05) is 13.8 Å². The molecule has 0 saturated heterocycles. The molecule has 1 aliphatic carbocycles. The summed E-state index contributed by atoms with van der Waals surface area (Å²) in [5.41, 5.74) is 2.03. The average Bonchev–Trinajstić information content (AvgIpc) is 3.35. The number of cyclic esters (lactones) is 1. The van der Waals surface area contributed by atoms with Gasteiger partial charge in [0.2, 0.25) is 11.8 Å². The topological polar surface area (TPSA) is 149 Å². The quantitative estimate of drug-likeness (QED) is 0.172. The molecule has 2 atom stereocenters. The third kappa shape index (κ3) is 4.19. The highest BCUT2D eigenvalue weighted by atomic mass is 19.1. The molecular weight excluding hydrogens is 547 g/mol. The van der Waals surface area contributed by atoms with Crippen LogP contribution in [0.2, 0.25) is 0 Å². The summed E-state index contributed by atoms with van der Waals surface area (Å²) in [5, 5.41) is 17.5. The molecule has 0 spiro atoms. The van der Waals surface area contributed by atoms with Gasteiger partial charge in [0.15, 0.2) is 5.60 Å². The summed E-state index contributed by atoms with van der Waals surface area (Å²) in [4.78, 5) is 55.4. The van der Waals surface area contributed by atoms with E-state index in [0.29, 0.717) is 47.3 Å². The van der Waals surface area contributed by atoms with Crippen LogP contribution in [0.15, 0.2) is 16.9 Å². The van der Waals surface area contributed by atoms with Gasteiger partial charge in [-0.15, -0.1) is 0 Å². The molecule has 3 aliphatic rings. The van der Waals surface area contributed by atoms with Gasteiger partial charge >= 0.3 is 5.97 Å². The van der Waals surface area contributed by atoms with Gasteiger partial charge in [-0.3, -0.25) is 14.4 Å². The highest BCUT2D eigenvalue weighted by molar-refractivity contribution is 5.94. The van der Waals surface area contributed by atoms with E-state index in [4.69, 9.17) is 14.5 Å². The molecule has 42 heavy (non-hydrogen) atoms. The first-order valence-electron chi connectivity index (χ1n) is 14.0. The molecule has 0 saturated carbocycles. The molecule has 0 radical (unpaired) electrons. The maximum absolute atomic E-state index is 15.0. The molecule has 6 rings (SSSR count). The molecule has 3 aromatic rings. The van der Waals surface area contributed by atoms with Crippen molar-refractivity contribution >= 4 is 28.7 Å². The molecule has 11 nitrogen and oxygen atoms in total. The Morgan fingerprint density at radius 3 is 2.74 bits per heavy atom. The second-order valence-electron chi connectivity index (χ2n) is 10.9. The summed E-state index contributed by atoms with van der Waals surface area (Å²) in [6.45, 7) is 4.59. The highest BCUT2D eigenvalue weighted by Gasteiger charge is 2.46. The third-order valence-corrected chi connectivity index (χ3v) is 8.64. The Morgan fingerprint density at radius 2 is 2.00 bits per heavy atom. The molecule has 12 heteroatoms. The molecular formula is C30H31FN4O7. The number of pyridine rings is 2. The van der Waals surface area contributed by atoms with E-state index < -0.39 is 34.9 Å². The van der Waals surface area contributed by atoms with E-state index >= 15 is 4.39 Å². The van der Waals surface area contributed by atoms with Gasteiger partial charge in [-0.2, -0.15) is 0 Å². The first kappa shape index (κ1) is 28.0. The number of hydrogen-bond donors (Lipinski definition) is 3. The predicted molar refractivity (Wildman–Crippen MR) is 148 cm³/mol. The van der Waals surface area contributed by atoms with Crippen LogP contribution < -0.4 is 16.2 Å². The molecule has 1 unspecified atom stereocenters. The van der Waals surface area contributed by atoms with Crippen LogP contribution in [-0.4, -0.2) is 45.8 Å². The fourth-order valence-electron chi connectivity index (χ4n) is 6.34. The number of nitrogens with one attached hydrogen (secondary N) is 2. The van der Waals surface area contributed by atoms with Crippen LogP contribution in [0.1, 0.15) is 72.5 Å². The lowest BCUT2D eigenvalue weighted by Crippen LogP contribution is -2.44. The maximum Gasteiger partial charge on any atom is 0.343 e.